The number of benzene rings is 1. The Hall–Kier alpha value is -3.95. The number of nitrogens with two attached hydrogens (primary N) is 1. The number of hydrogen-bond donors (Lipinski definition) is 2. The van der Waals surface area contributed by atoms with Crippen molar-refractivity contribution >= 4 is 22.8 Å². The third kappa shape index (κ3) is 5.46. The van der Waals surface area contributed by atoms with E-state index in [1.165, 1.54) is 29.7 Å². The van der Waals surface area contributed by atoms with Gasteiger partial charge in [0.05, 0.1) is 24.6 Å². The zero-order chi connectivity index (χ0) is 23.2. The number of rotatable bonds is 8. The first-order valence-corrected chi connectivity index (χ1v) is 11.1. The lowest BCUT2D eigenvalue weighted by atomic mass is 10.1. The lowest BCUT2D eigenvalue weighted by Crippen LogP contribution is -2.19. The predicted molar refractivity (Wildman–Crippen MR) is 129 cm³/mol. The van der Waals surface area contributed by atoms with Gasteiger partial charge in [0.25, 0.3) is 5.56 Å². The maximum Gasteiger partial charge on any atom is 0.250 e. The van der Waals surface area contributed by atoms with Crippen molar-refractivity contribution in [3.05, 3.63) is 105 Å². The highest BCUT2D eigenvalue weighted by Crippen LogP contribution is 2.17. The van der Waals surface area contributed by atoms with Crippen LogP contribution < -0.4 is 16.6 Å². The zero-order valence-electron chi connectivity index (χ0n) is 17.9. The maximum absolute atomic E-state index is 12.8. The molecule has 0 fully saturated rings. The molecule has 0 amide bonds. The van der Waals surface area contributed by atoms with E-state index in [4.69, 9.17) is 5.73 Å². The number of allylic oxidation sites excluding steroid dienone is 1. The van der Waals surface area contributed by atoms with Crippen LogP contribution in [0.3, 0.4) is 0 Å². The van der Waals surface area contributed by atoms with Crippen molar-refractivity contribution in [1.29, 1.82) is 0 Å². The van der Waals surface area contributed by atoms with Crippen molar-refractivity contribution in [3.63, 3.8) is 0 Å². The Bertz CT molecular complexity index is 1340. The summed E-state index contributed by atoms with van der Waals surface area (Å²) in [6.07, 6.45) is 7.70. The standard InChI is InChI=1S/C24H22N6O2S/c1-26-11-16-2-4-17(5-3-16)19(25)10-22(31)21-13-27-12-20(29-21)18-6-7-24(32)30(14-18)15-23-28-8-9-33-23/h2-10,12-14,26H,11,15,25H2,1H3. The van der Waals surface area contributed by atoms with Crippen molar-refractivity contribution in [3.8, 4) is 11.3 Å². The Labute approximate surface area is 194 Å². The second-order valence-corrected chi connectivity index (χ2v) is 8.27. The van der Waals surface area contributed by atoms with Crippen LogP contribution in [0.25, 0.3) is 17.0 Å². The summed E-state index contributed by atoms with van der Waals surface area (Å²) >= 11 is 1.48. The van der Waals surface area contributed by atoms with Gasteiger partial charge in [-0.25, -0.2) is 9.97 Å². The quantitative estimate of drug-likeness (QED) is 0.308. The molecule has 3 heterocycles. The first-order valence-electron chi connectivity index (χ1n) is 10.2. The van der Waals surface area contributed by atoms with E-state index in [0.717, 1.165) is 22.7 Å². The topological polar surface area (TPSA) is 116 Å². The molecule has 0 spiro atoms. The number of carbonyl (C=O) groups excluding carboxylic acids is 1. The molecule has 3 aromatic heterocycles. The van der Waals surface area contributed by atoms with Gasteiger partial charge < -0.3 is 15.6 Å². The van der Waals surface area contributed by atoms with Crippen molar-refractivity contribution in [2.45, 2.75) is 13.1 Å². The second-order valence-electron chi connectivity index (χ2n) is 7.29. The molecule has 4 rings (SSSR count). The van der Waals surface area contributed by atoms with Gasteiger partial charge in [-0.15, -0.1) is 11.3 Å². The van der Waals surface area contributed by atoms with Crippen LogP contribution in [0.2, 0.25) is 0 Å². The zero-order valence-corrected chi connectivity index (χ0v) is 18.7. The molecule has 0 unspecified atom stereocenters. The minimum Gasteiger partial charge on any atom is -0.398 e. The van der Waals surface area contributed by atoms with Crippen LogP contribution in [0, 0.1) is 0 Å². The smallest absolute Gasteiger partial charge is 0.250 e. The van der Waals surface area contributed by atoms with Gasteiger partial charge in [0.15, 0.2) is 0 Å². The molecule has 0 saturated carbocycles. The summed E-state index contributed by atoms with van der Waals surface area (Å²) in [6, 6.07) is 10.8. The second kappa shape index (κ2) is 10.1. The first kappa shape index (κ1) is 22.3. The molecule has 4 aromatic rings. The van der Waals surface area contributed by atoms with Gasteiger partial charge >= 0.3 is 0 Å². The fourth-order valence-corrected chi connectivity index (χ4v) is 3.84. The van der Waals surface area contributed by atoms with Crippen LogP contribution in [0.4, 0.5) is 0 Å². The Morgan fingerprint density at radius 2 is 2.00 bits per heavy atom. The van der Waals surface area contributed by atoms with Crippen LogP contribution in [0.1, 0.15) is 26.6 Å². The fraction of sp³-hybridized carbons (Fsp3) is 0.125. The Kier molecular flexibility index (Phi) is 6.82. The van der Waals surface area contributed by atoms with E-state index >= 15 is 0 Å². The molecule has 0 atom stereocenters. The predicted octanol–water partition coefficient (Wildman–Crippen LogP) is 2.71. The Morgan fingerprint density at radius 1 is 1.18 bits per heavy atom. The van der Waals surface area contributed by atoms with Gasteiger partial charge in [-0.1, -0.05) is 24.3 Å². The van der Waals surface area contributed by atoms with Crippen molar-refractivity contribution < 1.29 is 4.79 Å². The minimum absolute atomic E-state index is 0.148. The van der Waals surface area contributed by atoms with Gasteiger partial charge in [0.2, 0.25) is 5.78 Å². The van der Waals surface area contributed by atoms with Crippen LogP contribution in [-0.4, -0.2) is 32.3 Å². The van der Waals surface area contributed by atoms with Gasteiger partial charge in [-0.05, 0) is 24.2 Å². The van der Waals surface area contributed by atoms with Crippen LogP contribution in [0.15, 0.2) is 77.4 Å². The van der Waals surface area contributed by atoms with Gasteiger partial charge in [-0.3, -0.25) is 14.6 Å². The van der Waals surface area contributed by atoms with Crippen LogP contribution in [0.5, 0.6) is 0 Å². The largest absolute Gasteiger partial charge is 0.398 e. The summed E-state index contributed by atoms with van der Waals surface area (Å²) in [4.78, 5) is 37.9. The van der Waals surface area contributed by atoms with Gasteiger partial charge in [0.1, 0.15) is 10.7 Å². The maximum atomic E-state index is 12.8. The van der Waals surface area contributed by atoms with Gasteiger partial charge in [-0.2, -0.15) is 0 Å². The fourth-order valence-electron chi connectivity index (χ4n) is 3.22. The molecule has 0 aliphatic carbocycles. The SMILES string of the molecule is CNCc1ccc(C(N)=CC(=O)c2cncc(-c3ccc(=O)n(Cc4nccs4)c3)n2)cc1. The highest BCUT2D eigenvalue weighted by atomic mass is 32.1. The number of carbonyl (C=O) groups is 1. The van der Waals surface area contributed by atoms with Gasteiger partial charge in [0, 0.05) is 47.7 Å². The number of nitrogens with one attached hydrogen (secondary N) is 1. The van der Waals surface area contributed by atoms with Crippen molar-refractivity contribution in [1.82, 2.24) is 24.8 Å². The summed E-state index contributed by atoms with van der Waals surface area (Å²) < 4.78 is 1.56. The summed E-state index contributed by atoms with van der Waals surface area (Å²) in [5.74, 6) is -0.350. The average molecular weight is 459 g/mol. The van der Waals surface area contributed by atoms with Crippen LogP contribution in [-0.2, 0) is 13.1 Å². The molecule has 8 nitrogen and oxygen atoms in total. The average Bonchev–Trinajstić information content (AvgIpc) is 3.34. The van der Waals surface area contributed by atoms with E-state index < -0.39 is 0 Å². The highest BCUT2D eigenvalue weighted by molar-refractivity contribution is 7.09. The molecule has 33 heavy (non-hydrogen) atoms. The van der Waals surface area contributed by atoms with E-state index in [1.54, 1.807) is 29.2 Å². The molecular formula is C24H22N6O2S. The molecule has 9 heteroatoms. The lowest BCUT2D eigenvalue weighted by molar-refractivity contribution is 0.104. The van der Waals surface area contributed by atoms with E-state index in [-0.39, 0.29) is 17.0 Å². The number of thiazole rings is 1. The summed E-state index contributed by atoms with van der Waals surface area (Å²) in [5, 5.41) is 5.77. The number of pyridine rings is 1. The van der Waals surface area contributed by atoms with Crippen LogP contribution >= 0.6 is 11.3 Å². The number of ketones is 1. The third-order valence-corrected chi connectivity index (χ3v) is 5.67. The molecule has 166 valence electrons. The number of nitrogens with zero attached hydrogens (tertiary/aromatic N) is 4. The summed E-state index contributed by atoms with van der Waals surface area (Å²) in [6.45, 7) is 1.12. The molecule has 0 bridgehead atoms. The molecule has 0 aliphatic heterocycles. The number of hydrogen-bond acceptors (Lipinski definition) is 8. The van der Waals surface area contributed by atoms with E-state index in [2.05, 4.69) is 20.3 Å². The van der Waals surface area contributed by atoms with E-state index in [1.807, 2.05) is 36.7 Å². The normalized spacial score (nSPS) is 11.5. The summed E-state index contributed by atoms with van der Waals surface area (Å²) in [7, 11) is 1.88. The summed E-state index contributed by atoms with van der Waals surface area (Å²) in [5.41, 5.74) is 9.53. The Balaban J connectivity index is 1.57. The Morgan fingerprint density at radius 3 is 2.73 bits per heavy atom. The monoisotopic (exact) mass is 458 g/mol. The first-order chi connectivity index (χ1) is 16.0. The molecule has 3 N–H and O–H groups in total. The van der Waals surface area contributed by atoms with Crippen molar-refractivity contribution in [2.24, 2.45) is 5.73 Å². The molecule has 0 radical (unpaired) electrons. The lowest BCUT2D eigenvalue weighted by Gasteiger charge is -2.07. The van der Waals surface area contributed by atoms with E-state index in [9.17, 15) is 9.59 Å². The highest BCUT2D eigenvalue weighted by Gasteiger charge is 2.11. The molecular weight excluding hydrogens is 436 g/mol. The third-order valence-electron chi connectivity index (χ3n) is 4.91. The van der Waals surface area contributed by atoms with Crippen molar-refractivity contribution in [2.75, 3.05) is 7.05 Å². The number of aromatic nitrogens is 4. The molecule has 0 aliphatic rings. The molecule has 0 saturated heterocycles. The molecule has 1 aromatic carbocycles. The van der Waals surface area contributed by atoms with E-state index in [0.29, 0.717) is 23.5 Å². The minimum atomic E-state index is -0.350.